The highest BCUT2D eigenvalue weighted by molar-refractivity contribution is 5.86. The summed E-state index contributed by atoms with van der Waals surface area (Å²) >= 11 is 0. The number of aryl methyl sites for hydroxylation is 1. The van der Waals surface area contributed by atoms with Crippen LogP contribution in [0.3, 0.4) is 0 Å². The Morgan fingerprint density at radius 2 is 2.05 bits per heavy atom. The zero-order valence-corrected chi connectivity index (χ0v) is 12.7. The quantitative estimate of drug-likeness (QED) is 0.837. The number of rotatable bonds is 6. The van der Waals surface area contributed by atoms with Crippen LogP contribution in [0.15, 0.2) is 24.3 Å². The fourth-order valence-electron chi connectivity index (χ4n) is 3.17. The molecule has 0 bridgehead atoms. The molecule has 0 aliphatic carbocycles. The highest BCUT2D eigenvalue weighted by Gasteiger charge is 2.39. The number of hydrogen-bond acceptors (Lipinski definition) is 2. The van der Waals surface area contributed by atoms with Crippen LogP contribution in [-0.4, -0.2) is 18.0 Å². The van der Waals surface area contributed by atoms with Gasteiger partial charge < -0.3 is 10.6 Å². The molecule has 1 atom stereocenters. The lowest BCUT2D eigenvalue weighted by Gasteiger charge is -2.28. The summed E-state index contributed by atoms with van der Waals surface area (Å²) in [5, 5.41) is 6.56. The van der Waals surface area contributed by atoms with Crippen molar-refractivity contribution >= 4 is 5.91 Å². The number of benzene rings is 1. The average molecular weight is 274 g/mol. The van der Waals surface area contributed by atoms with E-state index in [-0.39, 0.29) is 11.4 Å². The highest BCUT2D eigenvalue weighted by atomic mass is 16.2. The Morgan fingerprint density at radius 3 is 2.65 bits per heavy atom. The van der Waals surface area contributed by atoms with Crippen molar-refractivity contribution < 1.29 is 4.79 Å². The lowest BCUT2D eigenvalue weighted by atomic mass is 9.90. The van der Waals surface area contributed by atoms with E-state index in [0.717, 1.165) is 38.6 Å². The molecule has 3 nitrogen and oxygen atoms in total. The Kier molecular flexibility index (Phi) is 5.18. The number of carbonyl (C=O) groups excluding carboxylic acids is 1. The van der Waals surface area contributed by atoms with Gasteiger partial charge in [-0.25, -0.2) is 0 Å². The maximum absolute atomic E-state index is 12.6. The van der Waals surface area contributed by atoms with Crippen LogP contribution in [0.1, 0.15) is 50.7 Å². The normalized spacial score (nSPS) is 21.9. The van der Waals surface area contributed by atoms with Gasteiger partial charge in [0.05, 0.1) is 5.54 Å². The number of hydrogen-bond donors (Lipinski definition) is 2. The minimum atomic E-state index is -0.324. The van der Waals surface area contributed by atoms with Crippen molar-refractivity contribution in [2.24, 2.45) is 0 Å². The van der Waals surface area contributed by atoms with Gasteiger partial charge >= 0.3 is 0 Å². The van der Waals surface area contributed by atoms with E-state index in [4.69, 9.17) is 0 Å². The Labute approximate surface area is 122 Å². The van der Waals surface area contributed by atoms with Gasteiger partial charge in [0.1, 0.15) is 0 Å². The van der Waals surface area contributed by atoms with E-state index in [1.54, 1.807) is 0 Å². The maximum atomic E-state index is 12.6. The first-order chi connectivity index (χ1) is 9.72. The van der Waals surface area contributed by atoms with Crippen molar-refractivity contribution in [2.75, 3.05) is 6.54 Å². The lowest BCUT2D eigenvalue weighted by Crippen LogP contribution is -2.53. The Balaban J connectivity index is 2.00. The van der Waals surface area contributed by atoms with Crippen LogP contribution < -0.4 is 10.6 Å². The van der Waals surface area contributed by atoms with Crippen LogP contribution in [0.5, 0.6) is 0 Å². The van der Waals surface area contributed by atoms with Gasteiger partial charge in [-0.05, 0) is 43.4 Å². The van der Waals surface area contributed by atoms with E-state index in [2.05, 4.69) is 42.7 Å². The van der Waals surface area contributed by atoms with Crippen LogP contribution in [0, 0.1) is 0 Å². The third kappa shape index (κ3) is 3.21. The van der Waals surface area contributed by atoms with Crippen molar-refractivity contribution in [3.63, 3.8) is 0 Å². The maximum Gasteiger partial charge on any atom is 0.240 e. The van der Waals surface area contributed by atoms with Gasteiger partial charge in [0, 0.05) is 6.54 Å². The van der Waals surface area contributed by atoms with Crippen molar-refractivity contribution in [1.29, 1.82) is 0 Å². The van der Waals surface area contributed by atoms with Crippen molar-refractivity contribution in [3.05, 3.63) is 35.4 Å². The van der Waals surface area contributed by atoms with Crippen molar-refractivity contribution in [1.82, 2.24) is 10.6 Å². The molecule has 1 aromatic carbocycles. The molecule has 110 valence electrons. The summed E-state index contributed by atoms with van der Waals surface area (Å²) in [6.45, 7) is 5.88. The third-order valence-electron chi connectivity index (χ3n) is 4.29. The second-order valence-electron chi connectivity index (χ2n) is 5.67. The molecule has 1 aliphatic rings. The summed E-state index contributed by atoms with van der Waals surface area (Å²) in [6.07, 6.45) is 5.02. The molecule has 3 heteroatoms. The molecule has 1 unspecified atom stereocenters. The topological polar surface area (TPSA) is 41.1 Å². The predicted molar refractivity (Wildman–Crippen MR) is 82.5 cm³/mol. The van der Waals surface area contributed by atoms with Crippen LogP contribution >= 0.6 is 0 Å². The minimum Gasteiger partial charge on any atom is -0.350 e. The first-order valence-electron chi connectivity index (χ1n) is 7.82. The van der Waals surface area contributed by atoms with E-state index >= 15 is 0 Å². The first kappa shape index (κ1) is 15.0. The monoisotopic (exact) mass is 274 g/mol. The van der Waals surface area contributed by atoms with Crippen LogP contribution in [0.2, 0.25) is 0 Å². The molecule has 2 rings (SSSR count). The largest absolute Gasteiger partial charge is 0.350 e. The van der Waals surface area contributed by atoms with Crippen LogP contribution in [0.25, 0.3) is 0 Å². The van der Waals surface area contributed by atoms with Crippen molar-refractivity contribution in [2.45, 2.75) is 58.0 Å². The SMILES string of the molecule is CCCC1(C(=O)NCc2ccccc2CC)CCCN1. The fourth-order valence-corrected chi connectivity index (χ4v) is 3.17. The summed E-state index contributed by atoms with van der Waals surface area (Å²) in [4.78, 5) is 12.6. The predicted octanol–water partition coefficient (Wildman–Crippen LogP) is 2.79. The van der Waals surface area contributed by atoms with E-state index in [0.29, 0.717) is 6.54 Å². The van der Waals surface area contributed by atoms with Gasteiger partial charge in [0.25, 0.3) is 0 Å². The molecule has 0 aromatic heterocycles. The molecular weight excluding hydrogens is 248 g/mol. The summed E-state index contributed by atoms with van der Waals surface area (Å²) in [6, 6.07) is 8.34. The summed E-state index contributed by atoms with van der Waals surface area (Å²) in [7, 11) is 0. The van der Waals surface area contributed by atoms with Crippen molar-refractivity contribution in [3.8, 4) is 0 Å². The van der Waals surface area contributed by atoms with Crippen LogP contribution in [-0.2, 0) is 17.8 Å². The Morgan fingerprint density at radius 1 is 1.30 bits per heavy atom. The van der Waals surface area contributed by atoms with Gasteiger partial charge in [-0.2, -0.15) is 0 Å². The van der Waals surface area contributed by atoms with Gasteiger partial charge in [-0.15, -0.1) is 0 Å². The first-order valence-corrected chi connectivity index (χ1v) is 7.82. The summed E-state index contributed by atoms with van der Waals surface area (Å²) in [5.74, 6) is 0.169. The summed E-state index contributed by atoms with van der Waals surface area (Å²) < 4.78 is 0. The van der Waals surface area contributed by atoms with E-state index in [1.165, 1.54) is 11.1 Å². The molecule has 20 heavy (non-hydrogen) atoms. The molecule has 0 radical (unpaired) electrons. The molecule has 1 amide bonds. The van der Waals surface area contributed by atoms with Gasteiger partial charge in [-0.3, -0.25) is 4.79 Å². The second kappa shape index (κ2) is 6.89. The molecule has 0 spiro atoms. The van der Waals surface area contributed by atoms with Crippen LogP contribution in [0.4, 0.5) is 0 Å². The van der Waals surface area contributed by atoms with E-state index < -0.39 is 0 Å². The Bertz CT molecular complexity index is 450. The van der Waals surface area contributed by atoms with Gasteiger partial charge in [0.2, 0.25) is 5.91 Å². The molecule has 1 heterocycles. The zero-order chi connectivity index (χ0) is 14.4. The minimum absolute atomic E-state index is 0.169. The van der Waals surface area contributed by atoms with E-state index in [1.807, 2.05) is 6.07 Å². The molecule has 1 aliphatic heterocycles. The van der Waals surface area contributed by atoms with Gasteiger partial charge in [0.15, 0.2) is 0 Å². The highest BCUT2D eigenvalue weighted by Crippen LogP contribution is 2.25. The zero-order valence-electron chi connectivity index (χ0n) is 12.7. The molecule has 1 saturated heterocycles. The molecular formula is C17H26N2O. The Hall–Kier alpha value is -1.35. The molecule has 2 N–H and O–H groups in total. The number of nitrogens with one attached hydrogen (secondary N) is 2. The standard InChI is InChI=1S/C17H26N2O/c1-3-10-17(11-7-12-19-17)16(20)18-13-15-9-6-5-8-14(15)4-2/h5-6,8-9,19H,3-4,7,10-13H2,1-2H3,(H,18,20). The fraction of sp³-hybridized carbons (Fsp3) is 0.588. The lowest BCUT2D eigenvalue weighted by molar-refractivity contribution is -0.127. The third-order valence-corrected chi connectivity index (χ3v) is 4.29. The smallest absolute Gasteiger partial charge is 0.240 e. The number of carbonyl (C=O) groups is 1. The van der Waals surface area contributed by atoms with E-state index in [9.17, 15) is 4.79 Å². The molecule has 1 fully saturated rings. The molecule has 0 saturated carbocycles. The number of amides is 1. The summed E-state index contributed by atoms with van der Waals surface area (Å²) in [5.41, 5.74) is 2.22. The second-order valence-corrected chi connectivity index (χ2v) is 5.67. The van der Waals surface area contributed by atoms with Gasteiger partial charge in [-0.1, -0.05) is 44.5 Å². The molecule has 1 aromatic rings. The average Bonchev–Trinajstić information content (AvgIpc) is 2.95.